The third-order valence-corrected chi connectivity index (χ3v) is 2.88. The van der Waals surface area contributed by atoms with Crippen LogP contribution in [0.5, 0.6) is 0 Å². The van der Waals surface area contributed by atoms with E-state index in [4.69, 9.17) is 19.9 Å². The van der Waals surface area contributed by atoms with Gasteiger partial charge in [0.2, 0.25) is 0 Å². The van der Waals surface area contributed by atoms with Crippen LogP contribution < -0.4 is 0 Å². The summed E-state index contributed by atoms with van der Waals surface area (Å²) < 4.78 is 29.4. The van der Waals surface area contributed by atoms with Gasteiger partial charge in [-0.2, -0.15) is 8.42 Å². The second kappa shape index (κ2) is 5.29. The van der Waals surface area contributed by atoms with E-state index in [1.165, 1.54) is 0 Å². The number of hydrogen-bond donors (Lipinski definition) is 4. The van der Waals surface area contributed by atoms with Gasteiger partial charge in [0.05, 0.1) is 5.75 Å². The van der Waals surface area contributed by atoms with E-state index in [9.17, 15) is 22.8 Å². The lowest BCUT2D eigenvalue weighted by Gasteiger charge is -2.29. The van der Waals surface area contributed by atoms with Gasteiger partial charge in [0.15, 0.2) is 0 Å². The maximum atomic E-state index is 10.9. The molecule has 0 saturated carbocycles. The Labute approximate surface area is 101 Å². The largest absolute Gasteiger partial charge is 0.479 e. The minimum absolute atomic E-state index is 0.299. The van der Waals surface area contributed by atoms with Gasteiger partial charge < -0.3 is 15.3 Å². The molecular formula is C7H11NO9S. The normalized spacial score (nSPS) is 12.4. The smallest absolute Gasteiger partial charge is 0.347 e. The summed E-state index contributed by atoms with van der Waals surface area (Å²) in [6, 6.07) is 0. The highest BCUT2D eigenvalue weighted by Crippen LogP contribution is 2.16. The molecule has 11 heteroatoms. The highest BCUT2D eigenvalue weighted by Gasteiger charge is 2.58. The first-order chi connectivity index (χ1) is 7.96. The first-order valence-corrected chi connectivity index (χ1v) is 5.93. The molecule has 0 rings (SSSR count). The summed E-state index contributed by atoms with van der Waals surface area (Å²) in [4.78, 5) is 32.9. The van der Waals surface area contributed by atoms with Crippen molar-refractivity contribution in [1.29, 1.82) is 0 Å². The van der Waals surface area contributed by atoms with Crippen LogP contribution in [0.15, 0.2) is 0 Å². The second-order valence-corrected chi connectivity index (χ2v) is 4.91. The summed E-state index contributed by atoms with van der Waals surface area (Å²) in [7, 11) is -3.67. The predicted molar refractivity (Wildman–Crippen MR) is 54.7 cm³/mol. The molecule has 0 amide bonds. The zero-order valence-electron chi connectivity index (χ0n) is 9.10. The molecule has 0 aliphatic heterocycles. The van der Waals surface area contributed by atoms with Gasteiger partial charge in [-0.15, -0.1) is 0 Å². The lowest BCUT2D eigenvalue weighted by atomic mass is 9.98. The molecule has 0 atom stereocenters. The quantitative estimate of drug-likeness (QED) is 0.297. The number of carboxylic acids is 3. The van der Waals surface area contributed by atoms with Crippen molar-refractivity contribution in [3.8, 4) is 0 Å². The van der Waals surface area contributed by atoms with Crippen LogP contribution in [0, 0.1) is 0 Å². The summed E-state index contributed by atoms with van der Waals surface area (Å²) in [5.41, 5.74) is -3.31. The molecule has 0 bridgehead atoms. The molecule has 0 aromatic rings. The fourth-order valence-electron chi connectivity index (χ4n) is 1.18. The number of likely N-dealkylation sites (N-methyl/N-ethyl adjacent to an activating group) is 1. The molecule has 0 aromatic carbocycles. The molecule has 0 spiro atoms. The van der Waals surface area contributed by atoms with Gasteiger partial charge >= 0.3 is 23.4 Å². The topological polar surface area (TPSA) is 170 Å². The summed E-state index contributed by atoms with van der Waals surface area (Å²) in [5, 5.41) is 26.2. The minimum Gasteiger partial charge on any atom is -0.479 e. The molecule has 0 heterocycles. The van der Waals surface area contributed by atoms with Gasteiger partial charge in [-0.25, -0.2) is 14.4 Å². The summed E-state index contributed by atoms with van der Waals surface area (Å²) in [6.07, 6.45) is 0. The molecule has 4 N–H and O–H groups in total. The van der Waals surface area contributed by atoms with Crippen LogP contribution in [0.25, 0.3) is 0 Å². The highest BCUT2D eigenvalue weighted by atomic mass is 32.2. The first-order valence-electron chi connectivity index (χ1n) is 4.32. The van der Waals surface area contributed by atoms with Gasteiger partial charge in [-0.1, -0.05) is 0 Å². The monoisotopic (exact) mass is 285 g/mol. The Morgan fingerprint density at radius 1 is 1.06 bits per heavy atom. The number of hydrogen-bond acceptors (Lipinski definition) is 6. The van der Waals surface area contributed by atoms with Gasteiger partial charge in [-0.3, -0.25) is 9.45 Å². The van der Waals surface area contributed by atoms with E-state index in [0.29, 0.717) is 4.90 Å². The third-order valence-electron chi connectivity index (χ3n) is 2.19. The van der Waals surface area contributed by atoms with E-state index in [2.05, 4.69) is 0 Å². The van der Waals surface area contributed by atoms with Crippen LogP contribution in [0.1, 0.15) is 0 Å². The van der Waals surface area contributed by atoms with E-state index in [1.807, 2.05) is 0 Å². The number of carbonyl (C=O) groups is 3. The van der Waals surface area contributed by atoms with Crippen LogP contribution in [0.3, 0.4) is 0 Å². The Morgan fingerprint density at radius 3 is 1.61 bits per heavy atom. The molecule has 0 saturated heterocycles. The van der Waals surface area contributed by atoms with Crippen LogP contribution in [0.4, 0.5) is 0 Å². The standard InChI is InChI=1S/C7H11NO9S/c1-8(2-3-18(15,16)17)7(4(9)10,5(11)12)6(13)14/h2-3H2,1H3,(H,9,10)(H,11,12)(H,13,14)(H,15,16,17). The maximum absolute atomic E-state index is 10.9. The number of carboxylic acid groups (broad SMARTS) is 3. The van der Waals surface area contributed by atoms with Gasteiger partial charge in [0, 0.05) is 6.54 Å². The van der Waals surface area contributed by atoms with Crippen molar-refractivity contribution < 1.29 is 42.7 Å². The van der Waals surface area contributed by atoms with Crippen molar-refractivity contribution in [1.82, 2.24) is 4.90 Å². The number of nitrogens with zero attached hydrogens (tertiary/aromatic N) is 1. The van der Waals surface area contributed by atoms with Gasteiger partial charge in [0.25, 0.3) is 10.1 Å². The van der Waals surface area contributed by atoms with E-state index in [1.54, 1.807) is 0 Å². The van der Waals surface area contributed by atoms with E-state index < -0.39 is 45.9 Å². The zero-order chi connectivity index (χ0) is 14.7. The van der Waals surface area contributed by atoms with E-state index in [-0.39, 0.29) is 0 Å². The summed E-state index contributed by atoms with van der Waals surface area (Å²) >= 11 is 0. The molecule has 10 nitrogen and oxygen atoms in total. The lowest BCUT2D eigenvalue weighted by Crippen LogP contribution is -2.64. The Bertz CT molecular complexity index is 431. The van der Waals surface area contributed by atoms with Crippen LogP contribution in [-0.2, 0) is 24.5 Å². The Kier molecular flexibility index (Phi) is 4.78. The zero-order valence-corrected chi connectivity index (χ0v) is 9.92. The van der Waals surface area contributed by atoms with Crippen molar-refractivity contribution in [3.63, 3.8) is 0 Å². The second-order valence-electron chi connectivity index (χ2n) is 3.33. The lowest BCUT2D eigenvalue weighted by molar-refractivity contribution is -0.177. The van der Waals surface area contributed by atoms with Gasteiger partial charge in [-0.05, 0) is 7.05 Å². The summed E-state index contributed by atoms with van der Waals surface area (Å²) in [6.45, 7) is -0.788. The molecule has 18 heavy (non-hydrogen) atoms. The maximum Gasteiger partial charge on any atom is 0.347 e. The molecule has 0 unspecified atom stereocenters. The minimum atomic E-state index is -4.48. The van der Waals surface area contributed by atoms with Gasteiger partial charge in [0.1, 0.15) is 0 Å². The fraction of sp³-hybridized carbons (Fsp3) is 0.571. The predicted octanol–water partition coefficient (Wildman–Crippen LogP) is -2.20. The van der Waals surface area contributed by atoms with E-state index >= 15 is 0 Å². The van der Waals surface area contributed by atoms with Crippen molar-refractivity contribution in [2.24, 2.45) is 0 Å². The molecular weight excluding hydrogens is 274 g/mol. The average Bonchev–Trinajstić information content (AvgIpc) is 2.12. The number of rotatable bonds is 7. The molecule has 0 aromatic heterocycles. The molecule has 0 aliphatic rings. The Balaban J connectivity index is 5.40. The summed E-state index contributed by atoms with van der Waals surface area (Å²) in [5.74, 6) is -7.54. The third kappa shape index (κ3) is 3.15. The molecule has 0 aliphatic carbocycles. The van der Waals surface area contributed by atoms with Crippen LogP contribution in [0.2, 0.25) is 0 Å². The number of aliphatic carboxylic acids is 3. The van der Waals surface area contributed by atoms with Crippen LogP contribution in [-0.4, -0.2) is 76.0 Å². The Morgan fingerprint density at radius 2 is 1.39 bits per heavy atom. The molecule has 104 valence electrons. The van der Waals surface area contributed by atoms with Crippen molar-refractivity contribution >= 4 is 28.0 Å². The van der Waals surface area contributed by atoms with Crippen molar-refractivity contribution in [2.75, 3.05) is 19.3 Å². The highest BCUT2D eigenvalue weighted by molar-refractivity contribution is 7.85. The van der Waals surface area contributed by atoms with Crippen molar-refractivity contribution in [2.45, 2.75) is 5.54 Å². The Hall–Kier alpha value is -1.72. The first kappa shape index (κ1) is 16.3. The SMILES string of the molecule is CN(CCS(=O)(=O)O)C(C(=O)O)(C(=O)O)C(=O)O. The van der Waals surface area contributed by atoms with E-state index in [0.717, 1.165) is 7.05 Å². The molecule has 0 fully saturated rings. The average molecular weight is 285 g/mol. The van der Waals surface area contributed by atoms with Crippen molar-refractivity contribution in [3.05, 3.63) is 0 Å². The van der Waals surface area contributed by atoms with Crippen LogP contribution >= 0.6 is 0 Å². The molecule has 0 radical (unpaired) electrons. The fourth-order valence-corrected chi connectivity index (χ4v) is 1.69.